The molecule has 0 aromatic heterocycles. The molecule has 1 heterocycles. The number of piperidine rings is 1. The first-order valence-corrected chi connectivity index (χ1v) is 5.31. The van der Waals surface area contributed by atoms with E-state index in [-0.39, 0.29) is 11.8 Å². The average molecular weight is 209 g/mol. The lowest BCUT2D eigenvalue weighted by molar-refractivity contribution is 0.0883. The van der Waals surface area contributed by atoms with Crippen molar-refractivity contribution in [3.05, 3.63) is 29.8 Å². The van der Waals surface area contributed by atoms with E-state index in [0.717, 1.165) is 18.5 Å². The molecule has 0 bridgehead atoms. The summed E-state index contributed by atoms with van der Waals surface area (Å²) in [7, 11) is 0. The lowest BCUT2D eigenvalue weighted by Crippen LogP contribution is -2.43. The molecule has 1 aromatic rings. The highest BCUT2D eigenvalue weighted by atomic mass is 19.1. The Hall–Kier alpha value is -1.09. The molecule has 0 aliphatic carbocycles. The maximum Gasteiger partial charge on any atom is 0.127 e. The van der Waals surface area contributed by atoms with E-state index in [4.69, 9.17) is 0 Å². The fourth-order valence-electron chi connectivity index (χ4n) is 2.21. The molecule has 0 radical (unpaired) electrons. The van der Waals surface area contributed by atoms with Crippen molar-refractivity contribution in [2.24, 2.45) is 0 Å². The van der Waals surface area contributed by atoms with Gasteiger partial charge < -0.3 is 10.4 Å². The Morgan fingerprint density at radius 3 is 3.00 bits per heavy atom. The summed E-state index contributed by atoms with van der Waals surface area (Å²) < 4.78 is 14.2. The molecule has 2 nitrogen and oxygen atoms in total. The molecule has 3 heteroatoms. The highest BCUT2D eigenvalue weighted by molar-refractivity contribution is 5.31. The van der Waals surface area contributed by atoms with E-state index < -0.39 is 5.67 Å². The van der Waals surface area contributed by atoms with E-state index in [2.05, 4.69) is 5.32 Å². The van der Waals surface area contributed by atoms with Crippen molar-refractivity contribution in [3.63, 3.8) is 0 Å². The highest BCUT2D eigenvalue weighted by Gasteiger charge is 2.37. The van der Waals surface area contributed by atoms with Crippen molar-refractivity contribution in [1.29, 1.82) is 0 Å². The van der Waals surface area contributed by atoms with Crippen LogP contribution in [0.5, 0.6) is 5.75 Å². The lowest BCUT2D eigenvalue weighted by Gasteiger charge is -2.36. The van der Waals surface area contributed by atoms with Crippen LogP contribution >= 0.6 is 0 Å². The minimum Gasteiger partial charge on any atom is -0.508 e. The van der Waals surface area contributed by atoms with Crippen molar-refractivity contribution in [2.45, 2.75) is 31.5 Å². The van der Waals surface area contributed by atoms with Gasteiger partial charge in [0.25, 0.3) is 0 Å². The number of phenolic OH excluding ortho intramolecular Hbond substituents is 1. The molecule has 1 fully saturated rings. The number of rotatable bonds is 1. The molecule has 2 unspecified atom stereocenters. The number of hydrogen-bond donors (Lipinski definition) is 2. The SMILES string of the molecule is CC1(F)CCCNC1c1cccc(O)c1. The molecule has 1 saturated heterocycles. The number of phenols is 1. The van der Waals surface area contributed by atoms with Crippen LogP contribution in [0, 0.1) is 0 Å². The maximum atomic E-state index is 14.2. The van der Waals surface area contributed by atoms with Gasteiger partial charge in [0.15, 0.2) is 0 Å². The molecular weight excluding hydrogens is 193 g/mol. The van der Waals surface area contributed by atoms with E-state index >= 15 is 0 Å². The van der Waals surface area contributed by atoms with Crippen molar-refractivity contribution >= 4 is 0 Å². The molecule has 1 aliphatic heterocycles. The van der Waals surface area contributed by atoms with E-state index in [1.54, 1.807) is 25.1 Å². The number of hydrogen-bond acceptors (Lipinski definition) is 2. The molecule has 2 N–H and O–H groups in total. The molecule has 0 saturated carbocycles. The third kappa shape index (κ3) is 2.12. The summed E-state index contributed by atoms with van der Waals surface area (Å²) in [5.74, 6) is 0.190. The molecule has 0 spiro atoms. The monoisotopic (exact) mass is 209 g/mol. The van der Waals surface area contributed by atoms with Gasteiger partial charge in [0.1, 0.15) is 11.4 Å². The van der Waals surface area contributed by atoms with Gasteiger partial charge in [-0.3, -0.25) is 0 Å². The third-order valence-electron chi connectivity index (χ3n) is 3.00. The first-order valence-electron chi connectivity index (χ1n) is 5.31. The number of alkyl halides is 1. The molecular formula is C12H16FNO. The number of halogens is 1. The Morgan fingerprint density at radius 1 is 1.53 bits per heavy atom. The van der Waals surface area contributed by atoms with Crippen LogP contribution in [0.4, 0.5) is 4.39 Å². The fourth-order valence-corrected chi connectivity index (χ4v) is 2.21. The maximum absolute atomic E-state index is 14.2. The summed E-state index contributed by atoms with van der Waals surface area (Å²) in [5.41, 5.74) is -0.411. The highest BCUT2D eigenvalue weighted by Crippen LogP contribution is 2.36. The van der Waals surface area contributed by atoms with Gasteiger partial charge in [0.2, 0.25) is 0 Å². The zero-order valence-electron chi connectivity index (χ0n) is 8.83. The molecule has 2 atom stereocenters. The second kappa shape index (κ2) is 3.81. The molecule has 2 rings (SSSR count). The van der Waals surface area contributed by atoms with Crippen LogP contribution in [0.2, 0.25) is 0 Å². The molecule has 1 aromatic carbocycles. The molecule has 82 valence electrons. The minimum absolute atomic E-state index is 0.190. The second-order valence-electron chi connectivity index (χ2n) is 4.36. The quantitative estimate of drug-likeness (QED) is 0.745. The smallest absolute Gasteiger partial charge is 0.127 e. The van der Waals surface area contributed by atoms with Crippen LogP contribution in [0.3, 0.4) is 0 Å². The van der Waals surface area contributed by atoms with E-state index in [0.29, 0.717) is 6.42 Å². The fraction of sp³-hybridized carbons (Fsp3) is 0.500. The van der Waals surface area contributed by atoms with Gasteiger partial charge in [-0.25, -0.2) is 4.39 Å². The van der Waals surface area contributed by atoms with E-state index in [1.807, 2.05) is 6.07 Å². The topological polar surface area (TPSA) is 32.3 Å². The number of aromatic hydroxyl groups is 1. The molecule has 0 amide bonds. The zero-order valence-corrected chi connectivity index (χ0v) is 8.83. The average Bonchev–Trinajstić information content (AvgIpc) is 2.17. The Bertz CT molecular complexity index is 351. The summed E-state index contributed by atoms with van der Waals surface area (Å²) >= 11 is 0. The Kier molecular flexibility index (Phi) is 2.65. The Labute approximate surface area is 89.1 Å². The predicted octanol–water partition coefficient (Wildman–Crippen LogP) is 2.54. The summed E-state index contributed by atoms with van der Waals surface area (Å²) in [6.07, 6.45) is 1.43. The van der Waals surface area contributed by atoms with Crippen LogP contribution in [0.15, 0.2) is 24.3 Å². The van der Waals surface area contributed by atoms with Crippen molar-refractivity contribution in [2.75, 3.05) is 6.54 Å². The van der Waals surface area contributed by atoms with Crippen LogP contribution < -0.4 is 5.32 Å². The Balaban J connectivity index is 2.29. The van der Waals surface area contributed by atoms with E-state index in [9.17, 15) is 9.50 Å². The van der Waals surface area contributed by atoms with Gasteiger partial charge in [0.05, 0.1) is 6.04 Å². The normalized spacial score (nSPS) is 31.5. The molecule has 1 aliphatic rings. The standard InChI is InChI=1S/C12H16FNO/c1-12(13)6-3-7-14-11(12)9-4-2-5-10(15)8-9/h2,4-5,8,11,14-15H,3,6-7H2,1H3. The lowest BCUT2D eigenvalue weighted by atomic mass is 9.85. The van der Waals surface area contributed by atoms with Gasteiger partial charge in [-0.15, -0.1) is 0 Å². The first-order chi connectivity index (χ1) is 7.09. The summed E-state index contributed by atoms with van der Waals surface area (Å²) in [4.78, 5) is 0. The van der Waals surface area contributed by atoms with Crippen molar-refractivity contribution < 1.29 is 9.50 Å². The van der Waals surface area contributed by atoms with Gasteiger partial charge in [-0.2, -0.15) is 0 Å². The van der Waals surface area contributed by atoms with Crippen molar-refractivity contribution in [1.82, 2.24) is 5.32 Å². The Morgan fingerprint density at radius 2 is 2.33 bits per heavy atom. The number of nitrogens with one attached hydrogen (secondary N) is 1. The number of benzene rings is 1. The largest absolute Gasteiger partial charge is 0.508 e. The van der Waals surface area contributed by atoms with Crippen LogP contribution in [-0.2, 0) is 0 Å². The summed E-state index contributed by atoms with van der Waals surface area (Å²) in [5, 5.41) is 12.5. The summed E-state index contributed by atoms with van der Waals surface area (Å²) in [6, 6.07) is 6.51. The molecule has 15 heavy (non-hydrogen) atoms. The van der Waals surface area contributed by atoms with Crippen molar-refractivity contribution in [3.8, 4) is 5.75 Å². The van der Waals surface area contributed by atoms with Gasteiger partial charge >= 0.3 is 0 Å². The first kappa shape index (κ1) is 10.4. The van der Waals surface area contributed by atoms with Crippen LogP contribution in [-0.4, -0.2) is 17.3 Å². The minimum atomic E-state index is -1.23. The summed E-state index contributed by atoms with van der Waals surface area (Å²) in [6.45, 7) is 2.45. The predicted molar refractivity (Wildman–Crippen MR) is 57.6 cm³/mol. The zero-order chi connectivity index (χ0) is 10.9. The van der Waals surface area contributed by atoms with Crippen LogP contribution in [0.1, 0.15) is 31.4 Å². The van der Waals surface area contributed by atoms with Gasteiger partial charge in [0, 0.05) is 0 Å². The van der Waals surface area contributed by atoms with Crippen LogP contribution in [0.25, 0.3) is 0 Å². The van der Waals surface area contributed by atoms with Gasteiger partial charge in [-0.1, -0.05) is 12.1 Å². The van der Waals surface area contributed by atoms with E-state index in [1.165, 1.54) is 0 Å². The second-order valence-corrected chi connectivity index (χ2v) is 4.36. The van der Waals surface area contributed by atoms with Gasteiger partial charge in [-0.05, 0) is 44.0 Å². The third-order valence-corrected chi connectivity index (χ3v) is 3.00.